The Kier molecular flexibility index (Phi) is 5.78. The van der Waals surface area contributed by atoms with E-state index in [1.54, 1.807) is 6.20 Å². The van der Waals surface area contributed by atoms with Crippen LogP contribution in [-0.2, 0) is 9.47 Å². The largest absolute Gasteiger partial charge is 0.477 e. The summed E-state index contributed by atoms with van der Waals surface area (Å²) in [5.74, 6) is 1.88. The van der Waals surface area contributed by atoms with Gasteiger partial charge in [-0.2, -0.15) is 15.0 Å². The third-order valence-corrected chi connectivity index (χ3v) is 4.72. The van der Waals surface area contributed by atoms with Crippen LogP contribution in [0.5, 0.6) is 5.88 Å². The molecule has 4 rings (SSSR count). The number of aromatic nitrogens is 4. The molecule has 2 aliphatic heterocycles. The number of fused-ring (bicyclic) bond motifs is 1. The van der Waals surface area contributed by atoms with E-state index in [1.807, 2.05) is 0 Å². The van der Waals surface area contributed by atoms with Crippen LogP contribution in [0.2, 0.25) is 0 Å². The quantitative estimate of drug-likeness (QED) is 0.694. The van der Waals surface area contributed by atoms with Gasteiger partial charge >= 0.3 is 0 Å². The van der Waals surface area contributed by atoms with Crippen molar-refractivity contribution in [3.05, 3.63) is 6.20 Å². The van der Waals surface area contributed by atoms with E-state index in [1.165, 1.54) is 0 Å². The fraction of sp³-hybridized carbons (Fsp3) is 0.667. The van der Waals surface area contributed by atoms with Gasteiger partial charge in [-0.15, -0.1) is 0 Å². The number of hydrogen-bond donors (Lipinski definition) is 0. The van der Waals surface area contributed by atoms with Gasteiger partial charge in [0.25, 0.3) is 0 Å². The number of ether oxygens (including phenoxy) is 3. The highest BCUT2D eigenvalue weighted by molar-refractivity contribution is 5.81. The van der Waals surface area contributed by atoms with Gasteiger partial charge in [-0.25, -0.2) is 4.98 Å². The van der Waals surface area contributed by atoms with Gasteiger partial charge in [0.05, 0.1) is 33.0 Å². The zero-order chi connectivity index (χ0) is 18.5. The Morgan fingerprint density at radius 3 is 2.22 bits per heavy atom. The molecule has 0 aromatic carbocycles. The molecule has 9 nitrogen and oxygen atoms in total. The van der Waals surface area contributed by atoms with Gasteiger partial charge in [0.1, 0.15) is 5.39 Å². The Bertz CT molecular complexity index is 757. The van der Waals surface area contributed by atoms with Crippen LogP contribution in [0.4, 0.5) is 11.9 Å². The molecule has 2 aliphatic rings. The molecule has 0 spiro atoms. The summed E-state index contributed by atoms with van der Waals surface area (Å²) in [5, 5.41) is 0.750. The van der Waals surface area contributed by atoms with Crippen LogP contribution in [0.25, 0.3) is 11.0 Å². The van der Waals surface area contributed by atoms with Crippen LogP contribution in [0.1, 0.15) is 19.8 Å². The highest BCUT2D eigenvalue weighted by Crippen LogP contribution is 2.26. The molecule has 0 saturated carbocycles. The van der Waals surface area contributed by atoms with Crippen LogP contribution >= 0.6 is 0 Å². The second-order valence-electron chi connectivity index (χ2n) is 6.64. The fourth-order valence-electron chi connectivity index (χ4n) is 3.11. The number of nitrogens with zero attached hydrogens (tertiary/aromatic N) is 6. The summed E-state index contributed by atoms with van der Waals surface area (Å²) >= 11 is 0. The second-order valence-corrected chi connectivity index (χ2v) is 6.64. The monoisotopic (exact) mass is 374 g/mol. The van der Waals surface area contributed by atoms with E-state index in [-0.39, 0.29) is 0 Å². The van der Waals surface area contributed by atoms with Gasteiger partial charge in [0.2, 0.25) is 17.8 Å². The maximum atomic E-state index is 5.95. The van der Waals surface area contributed by atoms with Crippen molar-refractivity contribution >= 4 is 22.9 Å². The van der Waals surface area contributed by atoms with Gasteiger partial charge in [0.15, 0.2) is 5.65 Å². The van der Waals surface area contributed by atoms with E-state index in [2.05, 4.69) is 26.7 Å². The van der Waals surface area contributed by atoms with Crippen LogP contribution in [-0.4, -0.2) is 79.1 Å². The summed E-state index contributed by atoms with van der Waals surface area (Å²) in [4.78, 5) is 22.9. The van der Waals surface area contributed by atoms with Gasteiger partial charge in [-0.05, 0) is 6.42 Å². The Balaban J connectivity index is 1.68. The number of anilines is 2. The predicted octanol–water partition coefficient (Wildman–Crippen LogP) is 1.27. The summed E-state index contributed by atoms with van der Waals surface area (Å²) < 4.78 is 16.8. The van der Waals surface area contributed by atoms with Gasteiger partial charge < -0.3 is 24.0 Å². The number of rotatable bonds is 6. The Morgan fingerprint density at radius 1 is 0.926 bits per heavy atom. The topological polar surface area (TPSA) is 85.7 Å². The molecule has 2 saturated heterocycles. The van der Waals surface area contributed by atoms with Crippen LogP contribution in [0, 0.1) is 0 Å². The highest BCUT2D eigenvalue weighted by atomic mass is 16.5. The molecule has 0 atom stereocenters. The molecule has 0 N–H and O–H groups in total. The Labute approximate surface area is 158 Å². The lowest BCUT2D eigenvalue weighted by molar-refractivity contribution is 0.122. The van der Waals surface area contributed by atoms with Gasteiger partial charge in [0, 0.05) is 32.4 Å². The van der Waals surface area contributed by atoms with Crippen molar-refractivity contribution in [2.24, 2.45) is 0 Å². The minimum absolute atomic E-state index is 0.559. The summed E-state index contributed by atoms with van der Waals surface area (Å²) in [6.45, 7) is 8.59. The summed E-state index contributed by atoms with van der Waals surface area (Å²) in [5.41, 5.74) is 0.620. The van der Waals surface area contributed by atoms with E-state index < -0.39 is 0 Å². The molecule has 9 heteroatoms. The van der Waals surface area contributed by atoms with Gasteiger partial charge in [-0.3, -0.25) is 0 Å². The Hall–Kier alpha value is -2.26. The lowest BCUT2D eigenvalue weighted by Crippen LogP contribution is -2.38. The smallest absolute Gasteiger partial charge is 0.230 e. The van der Waals surface area contributed by atoms with Crippen molar-refractivity contribution in [3.8, 4) is 5.88 Å². The lowest BCUT2D eigenvalue weighted by atomic mass is 10.3. The first kappa shape index (κ1) is 18.1. The number of unbranched alkanes of at least 4 members (excludes halogenated alkanes) is 1. The van der Waals surface area contributed by atoms with Gasteiger partial charge in [-0.1, -0.05) is 13.3 Å². The third kappa shape index (κ3) is 4.19. The molecule has 0 aliphatic carbocycles. The standard InChI is InChI=1S/C18H26N6O3/c1-2-3-8-27-16-14-13-19-17(23-4-9-25-10-5-23)20-15(14)21-18(22-16)24-6-11-26-12-7-24/h13H,2-12H2,1H3. The van der Waals surface area contributed by atoms with E-state index in [4.69, 9.17) is 24.2 Å². The molecule has 4 heterocycles. The maximum absolute atomic E-state index is 5.95. The fourth-order valence-corrected chi connectivity index (χ4v) is 3.11. The first-order chi connectivity index (χ1) is 13.3. The first-order valence-electron chi connectivity index (χ1n) is 9.68. The zero-order valence-electron chi connectivity index (χ0n) is 15.8. The molecule has 27 heavy (non-hydrogen) atoms. The third-order valence-electron chi connectivity index (χ3n) is 4.72. The highest BCUT2D eigenvalue weighted by Gasteiger charge is 2.20. The number of morpholine rings is 2. The van der Waals surface area contributed by atoms with Crippen molar-refractivity contribution < 1.29 is 14.2 Å². The van der Waals surface area contributed by atoms with Crippen LogP contribution in [0.3, 0.4) is 0 Å². The summed E-state index contributed by atoms with van der Waals surface area (Å²) in [7, 11) is 0. The number of hydrogen-bond acceptors (Lipinski definition) is 9. The van der Waals surface area contributed by atoms with Crippen LogP contribution in [0.15, 0.2) is 6.20 Å². The molecule has 0 bridgehead atoms. The minimum Gasteiger partial charge on any atom is -0.477 e. The summed E-state index contributed by atoms with van der Waals surface area (Å²) in [6.07, 6.45) is 3.82. The Morgan fingerprint density at radius 2 is 1.56 bits per heavy atom. The molecular formula is C18H26N6O3. The average molecular weight is 374 g/mol. The second kappa shape index (κ2) is 8.62. The molecule has 146 valence electrons. The minimum atomic E-state index is 0.559. The lowest BCUT2D eigenvalue weighted by Gasteiger charge is -2.28. The summed E-state index contributed by atoms with van der Waals surface area (Å²) in [6, 6.07) is 0. The molecule has 2 aromatic rings. The molecular weight excluding hydrogens is 348 g/mol. The van der Waals surface area contributed by atoms with E-state index in [9.17, 15) is 0 Å². The molecule has 0 amide bonds. The van der Waals surface area contributed by atoms with Crippen molar-refractivity contribution in [2.75, 3.05) is 69.0 Å². The molecule has 0 radical (unpaired) electrons. The zero-order valence-corrected chi connectivity index (χ0v) is 15.8. The van der Waals surface area contributed by atoms with Crippen molar-refractivity contribution in [1.29, 1.82) is 0 Å². The van der Waals surface area contributed by atoms with Crippen molar-refractivity contribution in [1.82, 2.24) is 19.9 Å². The average Bonchev–Trinajstić information content (AvgIpc) is 2.74. The van der Waals surface area contributed by atoms with E-state index in [0.29, 0.717) is 56.5 Å². The van der Waals surface area contributed by atoms with E-state index in [0.717, 1.165) is 44.4 Å². The van der Waals surface area contributed by atoms with Crippen molar-refractivity contribution in [3.63, 3.8) is 0 Å². The SMILES string of the molecule is CCCCOc1nc(N2CCOCC2)nc2nc(N3CCOCC3)ncc12. The molecule has 0 unspecified atom stereocenters. The normalized spacial score (nSPS) is 18.1. The first-order valence-corrected chi connectivity index (χ1v) is 9.68. The predicted molar refractivity (Wildman–Crippen MR) is 102 cm³/mol. The molecule has 2 aromatic heterocycles. The van der Waals surface area contributed by atoms with Crippen LogP contribution < -0.4 is 14.5 Å². The van der Waals surface area contributed by atoms with E-state index >= 15 is 0 Å². The maximum Gasteiger partial charge on any atom is 0.230 e. The van der Waals surface area contributed by atoms with Crippen molar-refractivity contribution in [2.45, 2.75) is 19.8 Å². The molecule has 2 fully saturated rings.